The first-order chi connectivity index (χ1) is 14.5. The average Bonchev–Trinajstić information content (AvgIpc) is 2.74. The summed E-state index contributed by atoms with van der Waals surface area (Å²) in [4.78, 5) is 26.7. The Labute approximate surface area is 185 Å². The number of thiocarbonyl (C=S) groups is 1. The van der Waals surface area contributed by atoms with Crippen LogP contribution < -0.4 is 15.6 Å². The summed E-state index contributed by atoms with van der Waals surface area (Å²) >= 11 is 7.03. The first kappa shape index (κ1) is 20.9. The molecule has 2 aliphatic heterocycles. The smallest absolute Gasteiger partial charge is 0.250 e. The number of pyridine rings is 1. The number of benzene rings is 1. The van der Waals surface area contributed by atoms with E-state index in [4.69, 9.17) is 17.0 Å². The first-order valence-electron chi connectivity index (χ1n) is 10.2. The van der Waals surface area contributed by atoms with Crippen molar-refractivity contribution in [1.82, 2.24) is 9.47 Å². The number of rotatable bonds is 5. The maximum atomic E-state index is 12.3. The second kappa shape index (κ2) is 9.22. The molecule has 1 saturated heterocycles. The molecule has 2 aliphatic rings. The van der Waals surface area contributed by atoms with Gasteiger partial charge in [-0.2, -0.15) is 0 Å². The lowest BCUT2D eigenvalue weighted by molar-refractivity contribution is -0.113. The van der Waals surface area contributed by atoms with Crippen molar-refractivity contribution < 1.29 is 9.53 Å². The monoisotopic (exact) mass is 443 g/mol. The zero-order chi connectivity index (χ0) is 21.1. The first-order valence-corrected chi connectivity index (χ1v) is 11.6. The lowest BCUT2D eigenvalue weighted by Crippen LogP contribution is -2.48. The number of thioether (sulfide) groups is 1. The molecule has 6 nitrogen and oxygen atoms in total. The maximum absolute atomic E-state index is 12.3. The van der Waals surface area contributed by atoms with Gasteiger partial charge < -0.3 is 19.5 Å². The SMILES string of the molecule is CCOc1ccc(NC(=O)CSC(=S)N2C[C@@H]3C[C@H](C2)c2cccc(=O)n2C3)cc1. The van der Waals surface area contributed by atoms with E-state index in [1.54, 1.807) is 6.07 Å². The average molecular weight is 444 g/mol. The quantitative estimate of drug-likeness (QED) is 0.716. The summed E-state index contributed by atoms with van der Waals surface area (Å²) in [6.45, 7) is 4.92. The fraction of sp³-hybridized carbons (Fsp3) is 0.409. The van der Waals surface area contributed by atoms with Gasteiger partial charge in [0.25, 0.3) is 5.56 Å². The van der Waals surface area contributed by atoms with Crippen LogP contribution in [0, 0.1) is 5.92 Å². The fourth-order valence-electron chi connectivity index (χ4n) is 4.26. The Morgan fingerprint density at radius 3 is 2.77 bits per heavy atom. The third-order valence-electron chi connectivity index (χ3n) is 5.51. The highest BCUT2D eigenvalue weighted by Crippen LogP contribution is 2.36. The van der Waals surface area contributed by atoms with Crippen molar-refractivity contribution in [2.45, 2.75) is 25.8 Å². The topological polar surface area (TPSA) is 63.6 Å². The Morgan fingerprint density at radius 1 is 1.20 bits per heavy atom. The zero-order valence-corrected chi connectivity index (χ0v) is 18.5. The molecule has 4 rings (SSSR count). The molecule has 0 saturated carbocycles. The van der Waals surface area contributed by atoms with Crippen LogP contribution in [-0.2, 0) is 11.3 Å². The van der Waals surface area contributed by atoms with E-state index in [-0.39, 0.29) is 17.2 Å². The second-order valence-electron chi connectivity index (χ2n) is 7.66. The number of carbonyl (C=O) groups excluding carboxylic acids is 1. The van der Waals surface area contributed by atoms with E-state index in [0.29, 0.717) is 18.4 Å². The highest BCUT2D eigenvalue weighted by atomic mass is 32.2. The van der Waals surface area contributed by atoms with Gasteiger partial charge in [0.15, 0.2) is 0 Å². The van der Waals surface area contributed by atoms with Gasteiger partial charge in [0.2, 0.25) is 5.91 Å². The number of nitrogens with zero attached hydrogens (tertiary/aromatic N) is 2. The van der Waals surface area contributed by atoms with Crippen molar-refractivity contribution >= 4 is 39.9 Å². The molecule has 3 heterocycles. The summed E-state index contributed by atoms with van der Waals surface area (Å²) < 4.78 is 8.08. The van der Waals surface area contributed by atoms with Gasteiger partial charge in [-0.3, -0.25) is 9.59 Å². The lowest BCUT2D eigenvalue weighted by Gasteiger charge is -2.43. The van der Waals surface area contributed by atoms with Gasteiger partial charge in [-0.1, -0.05) is 30.0 Å². The Balaban J connectivity index is 1.30. The van der Waals surface area contributed by atoms with Crippen LogP contribution in [0.2, 0.25) is 0 Å². The van der Waals surface area contributed by atoms with E-state index in [9.17, 15) is 9.59 Å². The van der Waals surface area contributed by atoms with Crippen LogP contribution in [0.1, 0.15) is 25.0 Å². The number of hydrogen-bond donors (Lipinski definition) is 1. The molecule has 1 amide bonds. The van der Waals surface area contributed by atoms with E-state index in [0.717, 1.165) is 47.5 Å². The van der Waals surface area contributed by atoms with E-state index < -0.39 is 0 Å². The molecular weight excluding hydrogens is 418 g/mol. The molecule has 1 N–H and O–H groups in total. The minimum atomic E-state index is -0.0828. The highest BCUT2D eigenvalue weighted by molar-refractivity contribution is 8.23. The highest BCUT2D eigenvalue weighted by Gasteiger charge is 2.35. The van der Waals surface area contributed by atoms with Gasteiger partial charge in [-0.05, 0) is 49.6 Å². The standard InChI is InChI=1S/C22H25N3O3S2/c1-2-28-18-8-6-17(7-9-18)23-20(26)14-30-22(29)24-11-15-10-16(13-24)19-4-3-5-21(27)25(19)12-15/h3-9,15-16H,2,10-14H2,1H3,(H,23,26)/t15-,16+/m0/s1. The number of carbonyl (C=O) groups is 1. The van der Waals surface area contributed by atoms with Crippen molar-refractivity contribution in [3.63, 3.8) is 0 Å². The summed E-state index contributed by atoms with van der Waals surface area (Å²) in [6.07, 6.45) is 1.09. The third-order valence-corrected chi connectivity index (χ3v) is 7.04. The predicted molar refractivity (Wildman–Crippen MR) is 124 cm³/mol. The van der Waals surface area contributed by atoms with Crippen LogP contribution in [0.5, 0.6) is 5.75 Å². The van der Waals surface area contributed by atoms with E-state index >= 15 is 0 Å². The number of nitrogens with one attached hydrogen (secondary N) is 1. The molecule has 0 radical (unpaired) electrons. The Bertz CT molecular complexity index is 990. The minimum Gasteiger partial charge on any atom is -0.494 e. The Kier molecular flexibility index (Phi) is 6.43. The molecule has 2 aromatic rings. The van der Waals surface area contributed by atoms with Gasteiger partial charge in [-0.25, -0.2) is 0 Å². The third kappa shape index (κ3) is 4.70. The number of hydrogen-bond acceptors (Lipinski definition) is 5. The van der Waals surface area contributed by atoms with E-state index in [2.05, 4.69) is 10.2 Å². The Hall–Kier alpha value is -2.32. The van der Waals surface area contributed by atoms with Crippen LogP contribution in [0.15, 0.2) is 47.3 Å². The summed E-state index contributed by atoms with van der Waals surface area (Å²) in [5, 5.41) is 2.90. The van der Waals surface area contributed by atoms with Gasteiger partial charge in [-0.15, -0.1) is 0 Å². The number of piperidine rings is 1. The molecule has 1 aromatic carbocycles. The van der Waals surface area contributed by atoms with E-state index in [1.165, 1.54) is 11.8 Å². The number of likely N-dealkylation sites (tertiary alicyclic amines) is 1. The molecule has 0 spiro atoms. The zero-order valence-electron chi connectivity index (χ0n) is 16.9. The number of fused-ring (bicyclic) bond motifs is 4. The summed E-state index contributed by atoms with van der Waals surface area (Å²) in [6, 6.07) is 12.9. The lowest BCUT2D eigenvalue weighted by atomic mass is 9.83. The largest absolute Gasteiger partial charge is 0.494 e. The van der Waals surface area contributed by atoms with Crippen LogP contribution in [0.4, 0.5) is 5.69 Å². The predicted octanol–water partition coefficient (Wildman–Crippen LogP) is 3.32. The van der Waals surface area contributed by atoms with Gasteiger partial charge >= 0.3 is 0 Å². The molecule has 0 aliphatic carbocycles. The molecule has 1 aromatic heterocycles. The molecule has 158 valence electrons. The van der Waals surface area contributed by atoms with Crippen LogP contribution in [-0.4, -0.2) is 45.1 Å². The molecule has 8 heteroatoms. The molecule has 0 unspecified atom stereocenters. The van der Waals surface area contributed by atoms with Crippen LogP contribution in [0.25, 0.3) is 0 Å². The van der Waals surface area contributed by atoms with E-state index in [1.807, 2.05) is 47.9 Å². The maximum Gasteiger partial charge on any atom is 0.250 e. The van der Waals surface area contributed by atoms with Crippen molar-refractivity contribution in [1.29, 1.82) is 0 Å². The van der Waals surface area contributed by atoms with Crippen molar-refractivity contribution in [2.24, 2.45) is 5.92 Å². The number of ether oxygens (including phenoxy) is 1. The van der Waals surface area contributed by atoms with Crippen molar-refractivity contribution in [3.05, 3.63) is 58.5 Å². The molecular formula is C22H25N3O3S2. The van der Waals surface area contributed by atoms with Crippen molar-refractivity contribution in [3.8, 4) is 5.75 Å². The van der Waals surface area contributed by atoms with Crippen molar-refractivity contribution in [2.75, 3.05) is 30.8 Å². The second-order valence-corrected chi connectivity index (χ2v) is 9.27. The summed E-state index contributed by atoms with van der Waals surface area (Å²) in [5.74, 6) is 1.69. The van der Waals surface area contributed by atoms with Crippen LogP contribution >= 0.6 is 24.0 Å². The summed E-state index contributed by atoms with van der Waals surface area (Å²) in [7, 11) is 0. The Morgan fingerprint density at radius 2 is 2.00 bits per heavy atom. The van der Waals surface area contributed by atoms with Gasteiger partial charge in [0, 0.05) is 43.0 Å². The molecule has 1 fully saturated rings. The number of amides is 1. The van der Waals surface area contributed by atoms with Gasteiger partial charge in [0.05, 0.1) is 12.4 Å². The number of aromatic nitrogens is 1. The summed E-state index contributed by atoms with van der Waals surface area (Å²) in [5.41, 5.74) is 1.92. The normalized spacial score (nSPS) is 19.7. The molecule has 2 atom stereocenters. The van der Waals surface area contributed by atoms with Gasteiger partial charge in [0.1, 0.15) is 10.1 Å². The fourth-order valence-corrected chi connectivity index (χ4v) is 5.25. The molecule has 30 heavy (non-hydrogen) atoms. The number of anilines is 1. The minimum absolute atomic E-state index is 0.0820. The van der Waals surface area contributed by atoms with Crippen LogP contribution in [0.3, 0.4) is 0 Å². The molecule has 2 bridgehead atoms.